The van der Waals surface area contributed by atoms with E-state index < -0.39 is 36.4 Å². The summed E-state index contributed by atoms with van der Waals surface area (Å²) in [4.78, 5) is 33.5. The lowest BCUT2D eigenvalue weighted by molar-refractivity contribution is -0.157. The molecule has 2 fully saturated rings. The second-order valence-electron chi connectivity index (χ2n) is 17.2. The molecule has 2 aliphatic rings. The highest BCUT2D eigenvalue weighted by atomic mass is 19.1. The highest BCUT2D eigenvalue weighted by molar-refractivity contribution is 5.82. The molecular formula is C53H60F2N2O7. The molecule has 0 saturated carbocycles. The Bertz CT molecular complexity index is 2430. The molecule has 4 N–H and O–H groups in total. The quantitative estimate of drug-likeness (QED) is 0.125. The molecule has 11 heteroatoms. The molecule has 4 heterocycles. The van der Waals surface area contributed by atoms with Crippen molar-refractivity contribution < 1.29 is 43.5 Å². The molecule has 2 saturated heterocycles. The molecule has 0 bridgehead atoms. The minimum atomic E-state index is -0.703. The summed E-state index contributed by atoms with van der Waals surface area (Å²) >= 11 is 0. The number of aliphatic hydroxyl groups is 2. The van der Waals surface area contributed by atoms with Crippen molar-refractivity contribution in [3.8, 4) is 33.5 Å². The molecule has 3 unspecified atom stereocenters. The Balaban J connectivity index is 0.000000237. The van der Waals surface area contributed by atoms with Crippen molar-refractivity contribution in [1.82, 2.24) is 9.97 Å². The number of hydrogen-bond acceptors (Lipinski definition) is 8. The van der Waals surface area contributed by atoms with Crippen molar-refractivity contribution >= 4 is 24.1 Å². The first kappa shape index (κ1) is 49.1. The monoisotopic (exact) mass is 874 g/mol. The number of carbonyl (C=O) groups excluding carboxylic acids is 2. The first-order valence-corrected chi connectivity index (χ1v) is 21.9. The summed E-state index contributed by atoms with van der Waals surface area (Å²) in [6.07, 6.45) is 6.73. The first-order chi connectivity index (χ1) is 30.1. The van der Waals surface area contributed by atoms with Crippen LogP contribution in [0.5, 0.6) is 0 Å². The van der Waals surface area contributed by atoms with Gasteiger partial charge in [-0.25, -0.2) is 8.78 Å². The molecule has 338 valence electrons. The van der Waals surface area contributed by atoms with Crippen LogP contribution < -0.4 is 0 Å². The van der Waals surface area contributed by atoms with E-state index in [4.69, 9.17) is 19.4 Å². The van der Waals surface area contributed by atoms with E-state index in [2.05, 4.69) is 48.5 Å². The zero-order chi connectivity index (χ0) is 45.4. The number of cyclic esters (lactones) is 2. The lowest BCUT2D eigenvalue weighted by atomic mass is 9.86. The van der Waals surface area contributed by atoms with Gasteiger partial charge in [-0.1, -0.05) is 115 Å². The maximum atomic E-state index is 13.7. The Morgan fingerprint density at radius 3 is 1.58 bits per heavy atom. The summed E-state index contributed by atoms with van der Waals surface area (Å²) < 4.78 is 38.1. The number of aliphatic hydroxyl groups excluding tert-OH is 2. The molecule has 0 amide bonds. The smallest absolute Gasteiger partial charge is 0.309 e. The summed E-state index contributed by atoms with van der Waals surface area (Å²) in [6.45, 7) is 14.7. The minimum Gasteiger partial charge on any atom is -0.458 e. The van der Waals surface area contributed by atoms with Gasteiger partial charge in [0.2, 0.25) is 0 Å². The predicted molar refractivity (Wildman–Crippen MR) is 248 cm³/mol. The Kier molecular flexibility index (Phi) is 17.0. The largest absolute Gasteiger partial charge is 0.458 e. The van der Waals surface area contributed by atoms with Crippen molar-refractivity contribution in [3.05, 3.63) is 142 Å². The van der Waals surface area contributed by atoms with E-state index >= 15 is 0 Å². The van der Waals surface area contributed by atoms with Crippen LogP contribution in [0.25, 0.3) is 45.7 Å². The number of esters is 2. The van der Waals surface area contributed by atoms with Gasteiger partial charge in [-0.15, -0.1) is 0 Å². The van der Waals surface area contributed by atoms with Crippen LogP contribution in [0.2, 0.25) is 0 Å². The third-order valence-electron chi connectivity index (χ3n) is 11.2. The molecule has 3 aromatic carbocycles. The number of pyridine rings is 2. The predicted octanol–water partition coefficient (Wildman–Crippen LogP) is 10.7. The standard InChI is InChI=1S/C27H26FNO3.C26H32FNO3.H2O/c1-17(2)27-23(13-12-22-14-21(30)15-26(31)32-22)24(18-8-10-20(28)11-9-18)16-25(29-27)19-6-4-3-5-7-19;1-6-21-24(17-7-9-18(27)10-8-17)22(26(16(4)5)28-25(21)15(2)3)12-11-20-13-19(29)14-23(30)31-20;/h3-13,16-17,21-22,30H,14-15H2,1-2H3;7-12,15-16,19-20,29H,6,13-14H2,1-5H3;1H2/b13-12+;12-11+;/t21-,22?;;/m1../s1. The van der Waals surface area contributed by atoms with Crippen LogP contribution in [-0.2, 0) is 25.5 Å². The van der Waals surface area contributed by atoms with Gasteiger partial charge in [-0.2, -0.15) is 0 Å². The fraction of sp³-hybridized carbons (Fsp3) is 0.358. The van der Waals surface area contributed by atoms with Crippen LogP contribution in [0.1, 0.15) is 126 Å². The summed E-state index contributed by atoms with van der Waals surface area (Å²) in [5.41, 5.74) is 11.5. The number of ether oxygens (including phenoxy) is 2. The highest BCUT2D eigenvalue weighted by Crippen LogP contribution is 2.39. The number of benzene rings is 3. The van der Waals surface area contributed by atoms with E-state index in [9.17, 15) is 28.6 Å². The molecule has 9 nitrogen and oxygen atoms in total. The average molecular weight is 875 g/mol. The molecule has 0 spiro atoms. The van der Waals surface area contributed by atoms with Crippen LogP contribution >= 0.6 is 0 Å². The third kappa shape index (κ3) is 12.2. The van der Waals surface area contributed by atoms with Gasteiger partial charge in [0.25, 0.3) is 0 Å². The summed E-state index contributed by atoms with van der Waals surface area (Å²) in [6, 6.07) is 24.9. The molecular weight excluding hydrogens is 815 g/mol. The van der Waals surface area contributed by atoms with Gasteiger partial charge in [-0.3, -0.25) is 19.6 Å². The Morgan fingerprint density at radius 2 is 1.11 bits per heavy atom. The molecule has 0 radical (unpaired) electrons. The number of hydrogen-bond donors (Lipinski definition) is 2. The minimum absolute atomic E-state index is 0. The van der Waals surface area contributed by atoms with Crippen LogP contribution in [0.3, 0.4) is 0 Å². The lowest BCUT2D eigenvalue weighted by Crippen LogP contribution is -2.31. The average Bonchev–Trinajstić information content (AvgIpc) is 3.24. The fourth-order valence-corrected chi connectivity index (χ4v) is 8.14. The maximum Gasteiger partial charge on any atom is 0.309 e. The van der Waals surface area contributed by atoms with Crippen molar-refractivity contribution in [2.45, 2.75) is 123 Å². The number of halogens is 2. The molecule has 2 aromatic heterocycles. The van der Waals surface area contributed by atoms with E-state index in [1.165, 1.54) is 24.3 Å². The fourth-order valence-electron chi connectivity index (χ4n) is 8.14. The lowest BCUT2D eigenvalue weighted by Gasteiger charge is -2.25. The second-order valence-corrected chi connectivity index (χ2v) is 17.2. The molecule has 4 atom stereocenters. The Labute approximate surface area is 375 Å². The summed E-state index contributed by atoms with van der Waals surface area (Å²) in [5.74, 6) is -0.824. The van der Waals surface area contributed by atoms with Crippen LogP contribution in [0.15, 0.2) is 97.1 Å². The van der Waals surface area contributed by atoms with Gasteiger partial charge >= 0.3 is 11.9 Å². The maximum absolute atomic E-state index is 13.7. The SMILES string of the molecule is CC(C)c1nc(-c2ccccc2)cc(-c2ccc(F)cc2)c1/C=C/C1C[C@@H](O)CC(=O)O1.CCc1c(C(C)C)nc(C(C)C)c(/C=C/C2CC(O)CC(=O)O2)c1-c1ccc(F)cc1.O. The van der Waals surface area contributed by atoms with Crippen molar-refractivity contribution in [3.63, 3.8) is 0 Å². The third-order valence-corrected chi connectivity index (χ3v) is 11.2. The van der Waals surface area contributed by atoms with Gasteiger partial charge in [0.1, 0.15) is 23.8 Å². The van der Waals surface area contributed by atoms with E-state index in [-0.39, 0.29) is 47.7 Å². The molecule has 64 heavy (non-hydrogen) atoms. The zero-order valence-corrected chi connectivity index (χ0v) is 37.6. The van der Waals surface area contributed by atoms with Crippen LogP contribution in [-0.4, -0.2) is 62.0 Å². The molecule has 2 aliphatic heterocycles. The Morgan fingerprint density at radius 1 is 0.641 bits per heavy atom. The van der Waals surface area contributed by atoms with Gasteiger partial charge in [0.05, 0.1) is 42.1 Å². The molecule has 7 rings (SSSR count). The number of aromatic nitrogens is 2. The van der Waals surface area contributed by atoms with E-state index in [1.54, 1.807) is 30.3 Å². The summed E-state index contributed by atoms with van der Waals surface area (Å²) in [5, 5.41) is 19.9. The second kappa shape index (κ2) is 22.2. The van der Waals surface area contributed by atoms with Crippen molar-refractivity contribution in [2.75, 3.05) is 0 Å². The highest BCUT2D eigenvalue weighted by Gasteiger charge is 2.28. The summed E-state index contributed by atoms with van der Waals surface area (Å²) in [7, 11) is 0. The van der Waals surface area contributed by atoms with E-state index in [0.717, 1.165) is 73.7 Å². The number of rotatable bonds is 11. The van der Waals surface area contributed by atoms with Crippen LogP contribution in [0, 0.1) is 11.6 Å². The normalized spacial score (nSPS) is 18.8. The molecule has 0 aliphatic carbocycles. The zero-order valence-electron chi connectivity index (χ0n) is 37.6. The van der Waals surface area contributed by atoms with Crippen molar-refractivity contribution in [1.29, 1.82) is 0 Å². The van der Waals surface area contributed by atoms with Gasteiger partial charge in [0, 0.05) is 35.2 Å². The topological polar surface area (TPSA) is 150 Å². The first-order valence-electron chi connectivity index (χ1n) is 21.9. The van der Waals surface area contributed by atoms with Crippen LogP contribution in [0.4, 0.5) is 8.78 Å². The van der Waals surface area contributed by atoms with Crippen molar-refractivity contribution in [2.24, 2.45) is 0 Å². The van der Waals surface area contributed by atoms with Gasteiger partial charge in [0.15, 0.2) is 0 Å². The van der Waals surface area contributed by atoms with E-state index in [0.29, 0.717) is 12.8 Å². The number of carbonyl (C=O) groups is 2. The van der Waals surface area contributed by atoms with Gasteiger partial charge < -0.3 is 25.2 Å². The number of nitrogens with zero attached hydrogens (tertiary/aromatic N) is 2. The van der Waals surface area contributed by atoms with E-state index in [1.807, 2.05) is 54.6 Å². The Hall–Kier alpha value is -5.88. The molecule has 5 aromatic rings. The van der Waals surface area contributed by atoms with Gasteiger partial charge in [-0.05, 0) is 94.5 Å².